The van der Waals surface area contributed by atoms with E-state index in [-0.39, 0.29) is 43.2 Å². The Morgan fingerprint density at radius 2 is 2.07 bits per heavy atom. The fourth-order valence-corrected chi connectivity index (χ4v) is 3.89. The highest BCUT2D eigenvalue weighted by atomic mass is 35.5. The maximum absolute atomic E-state index is 13.0. The van der Waals surface area contributed by atoms with Crippen LogP contribution in [0.3, 0.4) is 0 Å². The minimum absolute atomic E-state index is 0. The van der Waals surface area contributed by atoms with Gasteiger partial charge in [0.2, 0.25) is 0 Å². The summed E-state index contributed by atoms with van der Waals surface area (Å²) in [7, 11) is 0. The second-order valence-corrected chi connectivity index (χ2v) is 8.17. The van der Waals surface area contributed by atoms with Gasteiger partial charge in [-0.1, -0.05) is 13.8 Å². The number of benzene rings is 1. The van der Waals surface area contributed by atoms with Gasteiger partial charge in [-0.2, -0.15) is 0 Å². The molecule has 0 radical (unpaired) electrons. The number of imidazole rings is 1. The largest absolute Gasteiger partial charge is 0.396 e. The molecule has 2 atom stereocenters. The number of fused-ring (bicyclic) bond motifs is 1. The summed E-state index contributed by atoms with van der Waals surface area (Å²) in [5.74, 6) is 1.17. The molecule has 1 saturated heterocycles. The van der Waals surface area contributed by atoms with Crippen LogP contribution in [0.1, 0.15) is 42.9 Å². The number of aliphatic hydroxyl groups excluding tert-OH is 2. The number of nitrogens with two attached hydrogens (primary N) is 1. The summed E-state index contributed by atoms with van der Waals surface area (Å²) in [6, 6.07) is 5.65. The molecule has 30 heavy (non-hydrogen) atoms. The Morgan fingerprint density at radius 1 is 1.33 bits per heavy atom. The summed E-state index contributed by atoms with van der Waals surface area (Å²) in [4.78, 5) is 19.5. The average Bonchev–Trinajstić information content (AvgIpc) is 3.01. The van der Waals surface area contributed by atoms with E-state index in [1.54, 1.807) is 4.90 Å². The molecule has 1 aliphatic heterocycles. The Balaban J connectivity index is 0.00000225. The molecule has 0 spiro atoms. The summed E-state index contributed by atoms with van der Waals surface area (Å²) in [6.45, 7) is 6.49. The molecule has 1 aromatic carbocycles. The zero-order valence-corrected chi connectivity index (χ0v) is 19.3. The molecule has 0 saturated carbocycles. The van der Waals surface area contributed by atoms with E-state index in [4.69, 9.17) is 10.7 Å². The highest BCUT2D eigenvalue weighted by molar-refractivity contribution is 5.97. The van der Waals surface area contributed by atoms with Crippen molar-refractivity contribution in [2.24, 2.45) is 17.6 Å². The fraction of sp³-hybridized carbons (Fsp3) is 0.619. The molecule has 1 aliphatic rings. The summed E-state index contributed by atoms with van der Waals surface area (Å²) in [5.41, 5.74) is 8.19. The van der Waals surface area contributed by atoms with Crippen LogP contribution in [-0.4, -0.2) is 62.9 Å². The van der Waals surface area contributed by atoms with Crippen LogP contribution in [0, 0.1) is 11.8 Å². The lowest BCUT2D eigenvalue weighted by Crippen LogP contribution is -2.47. The van der Waals surface area contributed by atoms with Gasteiger partial charge in [0.15, 0.2) is 0 Å². The maximum Gasteiger partial charge on any atom is 0.253 e. The molecular formula is C21H34Cl2N4O3. The normalized spacial score (nSPS) is 18.9. The Morgan fingerprint density at radius 3 is 2.70 bits per heavy atom. The number of hydrogen-bond donors (Lipinski definition) is 3. The van der Waals surface area contributed by atoms with Gasteiger partial charge in [-0.05, 0) is 43.5 Å². The van der Waals surface area contributed by atoms with Crippen molar-refractivity contribution in [3.63, 3.8) is 0 Å². The van der Waals surface area contributed by atoms with Crippen LogP contribution in [0.4, 0.5) is 0 Å². The Bertz CT molecular complexity index is 828. The smallest absolute Gasteiger partial charge is 0.253 e. The SMILES string of the molecule is CC(C)Cc1nc2ccc(C(=O)N3CC[C@H](O)[C@H](CO)C3)cc2n1CCCN.Cl.Cl. The van der Waals surface area contributed by atoms with Crippen molar-refractivity contribution in [1.82, 2.24) is 14.5 Å². The molecule has 1 amide bonds. The van der Waals surface area contributed by atoms with Gasteiger partial charge < -0.3 is 25.4 Å². The van der Waals surface area contributed by atoms with E-state index in [1.807, 2.05) is 18.2 Å². The van der Waals surface area contributed by atoms with E-state index in [9.17, 15) is 15.0 Å². The van der Waals surface area contributed by atoms with E-state index in [0.29, 0.717) is 37.5 Å². The number of halogens is 2. The van der Waals surface area contributed by atoms with Crippen LogP contribution in [0.5, 0.6) is 0 Å². The topological polar surface area (TPSA) is 105 Å². The molecule has 4 N–H and O–H groups in total. The second kappa shape index (κ2) is 11.9. The standard InChI is InChI=1S/C21H32N4O3.2ClH/c1-14(2)10-20-23-17-5-4-15(11-18(17)25(20)8-3-7-22)21(28)24-9-6-19(27)16(12-24)13-26;;/h4-5,11,14,16,19,26-27H,3,6-10,12-13,22H2,1-2H3;2*1H/t16-,19-;;/m0../s1. The van der Waals surface area contributed by atoms with Gasteiger partial charge in [-0.25, -0.2) is 4.98 Å². The van der Waals surface area contributed by atoms with Gasteiger partial charge in [0, 0.05) is 37.5 Å². The van der Waals surface area contributed by atoms with Crippen molar-refractivity contribution in [3.8, 4) is 0 Å². The molecule has 170 valence electrons. The van der Waals surface area contributed by atoms with Crippen LogP contribution in [0.15, 0.2) is 18.2 Å². The minimum Gasteiger partial charge on any atom is -0.396 e. The number of aryl methyl sites for hydroxylation is 1. The van der Waals surface area contributed by atoms with Gasteiger partial charge in [-0.15, -0.1) is 24.8 Å². The first-order valence-corrected chi connectivity index (χ1v) is 10.2. The first kappa shape index (κ1) is 26.7. The molecule has 3 rings (SSSR count). The van der Waals surface area contributed by atoms with E-state index in [1.165, 1.54) is 0 Å². The predicted molar refractivity (Wildman–Crippen MR) is 124 cm³/mol. The summed E-state index contributed by atoms with van der Waals surface area (Å²) in [5, 5.41) is 19.4. The van der Waals surface area contributed by atoms with Gasteiger partial charge in [0.1, 0.15) is 5.82 Å². The lowest BCUT2D eigenvalue weighted by Gasteiger charge is -2.35. The van der Waals surface area contributed by atoms with Crippen LogP contribution < -0.4 is 5.73 Å². The van der Waals surface area contributed by atoms with Crippen molar-refractivity contribution in [1.29, 1.82) is 0 Å². The molecule has 0 bridgehead atoms. The van der Waals surface area contributed by atoms with Gasteiger partial charge in [-0.3, -0.25) is 4.79 Å². The molecule has 0 unspecified atom stereocenters. The number of carbonyl (C=O) groups excluding carboxylic acids is 1. The van der Waals surface area contributed by atoms with Crippen molar-refractivity contribution < 1.29 is 15.0 Å². The predicted octanol–water partition coefficient (Wildman–Crippen LogP) is 2.24. The molecule has 2 aromatic rings. The number of amides is 1. The first-order valence-electron chi connectivity index (χ1n) is 10.2. The Hall–Kier alpha value is -1.38. The highest BCUT2D eigenvalue weighted by Gasteiger charge is 2.30. The molecule has 1 fully saturated rings. The Labute approximate surface area is 190 Å². The minimum atomic E-state index is -0.548. The number of nitrogens with zero attached hydrogens (tertiary/aromatic N) is 3. The van der Waals surface area contributed by atoms with Crippen LogP contribution in [-0.2, 0) is 13.0 Å². The van der Waals surface area contributed by atoms with E-state index in [2.05, 4.69) is 18.4 Å². The van der Waals surface area contributed by atoms with Gasteiger partial charge in [0.25, 0.3) is 5.91 Å². The lowest BCUT2D eigenvalue weighted by atomic mass is 9.95. The van der Waals surface area contributed by atoms with Crippen LogP contribution >= 0.6 is 24.8 Å². The number of aromatic nitrogens is 2. The van der Waals surface area contributed by atoms with Crippen LogP contribution in [0.25, 0.3) is 11.0 Å². The monoisotopic (exact) mass is 460 g/mol. The molecule has 0 aliphatic carbocycles. The maximum atomic E-state index is 13.0. The zero-order chi connectivity index (χ0) is 20.3. The number of piperidine rings is 1. The molecular weight excluding hydrogens is 427 g/mol. The van der Waals surface area contributed by atoms with Crippen molar-refractivity contribution >= 4 is 41.8 Å². The van der Waals surface area contributed by atoms with Gasteiger partial charge in [0.05, 0.1) is 23.7 Å². The van der Waals surface area contributed by atoms with E-state index in [0.717, 1.165) is 36.2 Å². The third-order valence-electron chi connectivity index (χ3n) is 5.47. The van der Waals surface area contributed by atoms with E-state index >= 15 is 0 Å². The number of rotatable bonds is 7. The van der Waals surface area contributed by atoms with Crippen LogP contribution in [0.2, 0.25) is 0 Å². The van der Waals surface area contributed by atoms with Crippen molar-refractivity contribution in [3.05, 3.63) is 29.6 Å². The van der Waals surface area contributed by atoms with Crippen molar-refractivity contribution in [2.75, 3.05) is 26.2 Å². The van der Waals surface area contributed by atoms with E-state index < -0.39 is 6.10 Å². The Kier molecular flexibility index (Phi) is 10.5. The third-order valence-corrected chi connectivity index (χ3v) is 5.47. The highest BCUT2D eigenvalue weighted by Crippen LogP contribution is 2.23. The molecule has 2 heterocycles. The average molecular weight is 461 g/mol. The number of aliphatic hydroxyl groups is 2. The number of hydrogen-bond acceptors (Lipinski definition) is 5. The van der Waals surface area contributed by atoms with Gasteiger partial charge >= 0.3 is 0 Å². The summed E-state index contributed by atoms with van der Waals surface area (Å²) < 4.78 is 2.19. The second-order valence-electron chi connectivity index (χ2n) is 8.17. The molecule has 1 aromatic heterocycles. The molecule has 9 heteroatoms. The molecule has 7 nitrogen and oxygen atoms in total. The van der Waals surface area contributed by atoms with Crippen molar-refractivity contribution in [2.45, 2.75) is 45.8 Å². The number of likely N-dealkylation sites (tertiary alicyclic amines) is 1. The zero-order valence-electron chi connectivity index (χ0n) is 17.7. The fourth-order valence-electron chi connectivity index (χ4n) is 3.89. The number of carbonyl (C=O) groups is 1. The lowest BCUT2D eigenvalue weighted by molar-refractivity contribution is 0.00345. The summed E-state index contributed by atoms with van der Waals surface area (Å²) >= 11 is 0. The third kappa shape index (κ3) is 5.86. The summed E-state index contributed by atoms with van der Waals surface area (Å²) in [6.07, 6.45) is 1.68. The first-order chi connectivity index (χ1) is 13.4. The quantitative estimate of drug-likeness (QED) is 0.587.